The van der Waals surface area contributed by atoms with Gasteiger partial charge in [0.1, 0.15) is 17.4 Å². The molecule has 0 heterocycles. The molecule has 0 radical (unpaired) electrons. The molecule has 0 bridgehead atoms. The third kappa shape index (κ3) is 4.55. The third-order valence-corrected chi connectivity index (χ3v) is 3.25. The van der Waals surface area contributed by atoms with Gasteiger partial charge in [-0.2, -0.15) is 0 Å². The zero-order valence-electron chi connectivity index (χ0n) is 12.2. The topological polar surface area (TPSA) is 38.3 Å². The Balaban J connectivity index is 1.81. The molecule has 0 spiro atoms. The van der Waals surface area contributed by atoms with Gasteiger partial charge in [-0.3, -0.25) is 4.79 Å². The van der Waals surface area contributed by atoms with Gasteiger partial charge in [-0.05, 0) is 47.9 Å². The van der Waals surface area contributed by atoms with Gasteiger partial charge in [-0.25, -0.2) is 8.78 Å². The second kappa shape index (κ2) is 7.54. The van der Waals surface area contributed by atoms with E-state index in [2.05, 4.69) is 5.32 Å². The van der Waals surface area contributed by atoms with Crippen LogP contribution in [0.4, 0.5) is 8.78 Å². The summed E-state index contributed by atoms with van der Waals surface area (Å²) in [7, 11) is 1.58. The molecule has 2 rings (SSSR count). The molecule has 0 aliphatic heterocycles. The van der Waals surface area contributed by atoms with Gasteiger partial charge in [0.15, 0.2) is 0 Å². The Kier molecular flexibility index (Phi) is 5.47. The van der Waals surface area contributed by atoms with E-state index in [1.165, 1.54) is 0 Å². The van der Waals surface area contributed by atoms with Crippen molar-refractivity contribution < 1.29 is 18.3 Å². The molecule has 2 aromatic carbocycles. The van der Waals surface area contributed by atoms with E-state index in [0.717, 1.165) is 29.5 Å². The Morgan fingerprint density at radius 3 is 2.55 bits per heavy atom. The van der Waals surface area contributed by atoms with Crippen LogP contribution < -0.4 is 10.1 Å². The van der Waals surface area contributed by atoms with Gasteiger partial charge < -0.3 is 10.1 Å². The number of ether oxygens (including phenoxy) is 1. The summed E-state index contributed by atoms with van der Waals surface area (Å²) in [5, 5.41) is 2.70. The molecule has 3 nitrogen and oxygen atoms in total. The molecule has 116 valence electrons. The van der Waals surface area contributed by atoms with E-state index in [-0.39, 0.29) is 30.9 Å². The van der Waals surface area contributed by atoms with Crippen molar-refractivity contribution in [2.45, 2.75) is 12.8 Å². The SMILES string of the molecule is COc1ccc(CC(=O)NCCc2cc(F)ccc2F)cc1. The Morgan fingerprint density at radius 2 is 1.86 bits per heavy atom. The Labute approximate surface area is 127 Å². The number of methoxy groups -OCH3 is 1. The van der Waals surface area contributed by atoms with Crippen molar-refractivity contribution >= 4 is 5.91 Å². The molecule has 1 N–H and O–H groups in total. The fraction of sp³-hybridized carbons (Fsp3) is 0.235. The number of rotatable bonds is 6. The van der Waals surface area contributed by atoms with Crippen LogP contribution in [0.15, 0.2) is 42.5 Å². The lowest BCUT2D eigenvalue weighted by atomic mass is 10.1. The second-order valence-corrected chi connectivity index (χ2v) is 4.86. The first-order valence-corrected chi connectivity index (χ1v) is 6.92. The molecular weight excluding hydrogens is 288 g/mol. The number of halogens is 2. The summed E-state index contributed by atoms with van der Waals surface area (Å²) in [6, 6.07) is 10.5. The minimum atomic E-state index is -0.485. The minimum absolute atomic E-state index is 0.165. The largest absolute Gasteiger partial charge is 0.497 e. The molecular formula is C17H17F2NO2. The first-order valence-electron chi connectivity index (χ1n) is 6.92. The molecule has 22 heavy (non-hydrogen) atoms. The van der Waals surface area contributed by atoms with Crippen molar-refractivity contribution in [3.05, 3.63) is 65.2 Å². The molecule has 0 atom stereocenters. The van der Waals surface area contributed by atoms with E-state index < -0.39 is 11.6 Å². The summed E-state index contributed by atoms with van der Waals surface area (Å²) in [5.74, 6) is -0.389. The van der Waals surface area contributed by atoms with E-state index in [4.69, 9.17) is 4.74 Å². The first-order chi connectivity index (χ1) is 10.6. The fourth-order valence-electron chi connectivity index (χ4n) is 2.06. The van der Waals surface area contributed by atoms with Gasteiger partial charge in [0, 0.05) is 6.54 Å². The van der Waals surface area contributed by atoms with Gasteiger partial charge >= 0.3 is 0 Å². The minimum Gasteiger partial charge on any atom is -0.497 e. The number of benzene rings is 2. The van der Waals surface area contributed by atoms with Crippen molar-refractivity contribution in [3.8, 4) is 5.75 Å². The number of nitrogens with one attached hydrogen (secondary N) is 1. The van der Waals surface area contributed by atoms with Crippen LogP contribution in [0.5, 0.6) is 5.75 Å². The van der Waals surface area contributed by atoms with Crippen LogP contribution in [0.3, 0.4) is 0 Å². The molecule has 2 aromatic rings. The summed E-state index contributed by atoms with van der Waals surface area (Å²) in [6.07, 6.45) is 0.480. The molecule has 0 aliphatic rings. The van der Waals surface area contributed by atoms with Crippen LogP contribution in [-0.2, 0) is 17.6 Å². The molecule has 0 aromatic heterocycles. The predicted octanol–water partition coefficient (Wildman–Crippen LogP) is 2.87. The summed E-state index contributed by atoms with van der Waals surface area (Å²) in [5.41, 5.74) is 1.11. The summed E-state index contributed by atoms with van der Waals surface area (Å²) in [4.78, 5) is 11.8. The number of hydrogen-bond acceptors (Lipinski definition) is 2. The highest BCUT2D eigenvalue weighted by molar-refractivity contribution is 5.78. The number of hydrogen-bond donors (Lipinski definition) is 1. The monoisotopic (exact) mass is 305 g/mol. The first kappa shape index (κ1) is 15.9. The predicted molar refractivity (Wildman–Crippen MR) is 79.8 cm³/mol. The van der Waals surface area contributed by atoms with Crippen LogP contribution in [0.1, 0.15) is 11.1 Å². The van der Waals surface area contributed by atoms with Gasteiger partial charge in [0.25, 0.3) is 0 Å². The van der Waals surface area contributed by atoms with Crippen molar-refractivity contribution in [2.75, 3.05) is 13.7 Å². The van der Waals surface area contributed by atoms with Crippen molar-refractivity contribution in [3.63, 3.8) is 0 Å². The Hall–Kier alpha value is -2.43. The molecule has 0 aliphatic carbocycles. The molecule has 0 fully saturated rings. The van der Waals surface area contributed by atoms with Crippen LogP contribution in [0.25, 0.3) is 0 Å². The normalized spacial score (nSPS) is 10.3. The maximum atomic E-state index is 13.4. The standard InChI is InChI=1S/C17H17F2NO2/c1-22-15-5-2-12(3-6-15)10-17(21)20-9-8-13-11-14(18)4-7-16(13)19/h2-7,11H,8-10H2,1H3,(H,20,21). The van der Waals surface area contributed by atoms with Gasteiger partial charge in [-0.15, -0.1) is 0 Å². The summed E-state index contributed by atoms with van der Waals surface area (Å²) < 4.78 is 31.5. The van der Waals surface area contributed by atoms with E-state index in [0.29, 0.717) is 0 Å². The van der Waals surface area contributed by atoms with Crippen LogP contribution in [-0.4, -0.2) is 19.6 Å². The fourth-order valence-corrected chi connectivity index (χ4v) is 2.06. The summed E-state index contributed by atoms with van der Waals surface area (Å²) >= 11 is 0. The average molecular weight is 305 g/mol. The van der Waals surface area contributed by atoms with Gasteiger partial charge in [0.2, 0.25) is 5.91 Å². The summed E-state index contributed by atoms with van der Waals surface area (Å²) in [6.45, 7) is 0.259. The van der Waals surface area contributed by atoms with Crippen LogP contribution >= 0.6 is 0 Å². The lowest BCUT2D eigenvalue weighted by Crippen LogP contribution is -2.27. The van der Waals surface area contributed by atoms with Crippen LogP contribution in [0, 0.1) is 11.6 Å². The Morgan fingerprint density at radius 1 is 1.14 bits per heavy atom. The highest BCUT2D eigenvalue weighted by atomic mass is 19.1. The quantitative estimate of drug-likeness (QED) is 0.891. The number of amides is 1. The maximum absolute atomic E-state index is 13.4. The smallest absolute Gasteiger partial charge is 0.224 e. The molecule has 5 heteroatoms. The van der Waals surface area contributed by atoms with Crippen molar-refractivity contribution in [2.24, 2.45) is 0 Å². The number of carbonyl (C=O) groups is 1. The highest BCUT2D eigenvalue weighted by Crippen LogP contribution is 2.12. The molecule has 0 unspecified atom stereocenters. The Bertz CT molecular complexity index is 642. The average Bonchev–Trinajstić information content (AvgIpc) is 2.51. The van der Waals surface area contributed by atoms with Gasteiger partial charge in [0.05, 0.1) is 13.5 Å². The highest BCUT2D eigenvalue weighted by Gasteiger charge is 2.06. The van der Waals surface area contributed by atoms with Crippen molar-refractivity contribution in [1.82, 2.24) is 5.32 Å². The third-order valence-electron chi connectivity index (χ3n) is 3.25. The van der Waals surface area contributed by atoms with Gasteiger partial charge in [-0.1, -0.05) is 12.1 Å². The lowest BCUT2D eigenvalue weighted by molar-refractivity contribution is -0.120. The second-order valence-electron chi connectivity index (χ2n) is 4.86. The van der Waals surface area contributed by atoms with E-state index >= 15 is 0 Å². The molecule has 1 amide bonds. The maximum Gasteiger partial charge on any atom is 0.224 e. The number of carbonyl (C=O) groups excluding carboxylic acids is 1. The van der Waals surface area contributed by atoms with E-state index in [1.807, 2.05) is 12.1 Å². The molecule has 0 saturated heterocycles. The van der Waals surface area contributed by atoms with E-state index in [9.17, 15) is 13.6 Å². The zero-order chi connectivity index (χ0) is 15.9. The van der Waals surface area contributed by atoms with Crippen molar-refractivity contribution in [1.29, 1.82) is 0 Å². The van der Waals surface area contributed by atoms with E-state index in [1.54, 1.807) is 19.2 Å². The molecule has 0 saturated carbocycles. The lowest BCUT2D eigenvalue weighted by Gasteiger charge is -2.07. The zero-order valence-corrected chi connectivity index (χ0v) is 12.2. The van der Waals surface area contributed by atoms with Crippen LogP contribution in [0.2, 0.25) is 0 Å².